The van der Waals surface area contributed by atoms with Gasteiger partial charge < -0.3 is 5.32 Å². The maximum atomic E-state index is 13.2. The first-order valence-electron chi connectivity index (χ1n) is 5.35. The third-order valence-electron chi connectivity index (χ3n) is 2.31. The third-order valence-corrected chi connectivity index (χ3v) is 2.31. The van der Waals surface area contributed by atoms with Crippen LogP contribution in [0, 0.1) is 35.4 Å². The van der Waals surface area contributed by atoms with Gasteiger partial charge in [0.1, 0.15) is 23.6 Å². The molecule has 0 saturated carbocycles. The number of aromatic nitrogens is 2. The molecule has 0 radical (unpaired) electrons. The molecule has 0 fully saturated rings. The van der Waals surface area contributed by atoms with E-state index in [2.05, 4.69) is 15.3 Å². The number of benzene rings is 1. The minimum absolute atomic E-state index is 0.0711. The van der Waals surface area contributed by atoms with Gasteiger partial charge >= 0.3 is 0 Å². The zero-order valence-electron chi connectivity index (χ0n) is 9.98. The molecule has 0 aliphatic rings. The van der Waals surface area contributed by atoms with Crippen molar-refractivity contribution in [2.24, 2.45) is 0 Å². The molecule has 2 rings (SSSR count). The Kier molecular flexibility index (Phi) is 3.35. The van der Waals surface area contributed by atoms with E-state index >= 15 is 0 Å². The highest BCUT2D eigenvalue weighted by Gasteiger charge is 2.05. The van der Waals surface area contributed by atoms with Crippen LogP contribution in [0.5, 0.6) is 0 Å². The molecule has 0 spiro atoms. The first-order chi connectivity index (χ1) is 9.12. The molecule has 6 heteroatoms. The fraction of sp³-hybridized carbons (Fsp3) is 0.0769. The van der Waals surface area contributed by atoms with Gasteiger partial charge in [-0.3, -0.25) is 0 Å². The Morgan fingerprint density at radius 2 is 1.95 bits per heavy atom. The standard InChI is InChI=1S/C13H8FN5/c1-8-4-11(7-16)19-13(17-8)18-10-2-3-12(14)9(5-10)6-15/h2-5H,1H3,(H,17,18,19). The largest absolute Gasteiger partial charge is 0.324 e. The van der Waals surface area contributed by atoms with Gasteiger partial charge in [0.15, 0.2) is 0 Å². The number of halogens is 1. The summed E-state index contributed by atoms with van der Waals surface area (Å²) in [5.74, 6) is -0.358. The molecule has 19 heavy (non-hydrogen) atoms. The van der Waals surface area contributed by atoms with Crippen LogP contribution in [0.2, 0.25) is 0 Å². The monoisotopic (exact) mass is 253 g/mol. The third kappa shape index (κ3) is 2.82. The lowest BCUT2D eigenvalue weighted by atomic mass is 10.2. The zero-order valence-corrected chi connectivity index (χ0v) is 9.98. The number of nitrogens with zero attached hydrogens (tertiary/aromatic N) is 4. The first-order valence-corrected chi connectivity index (χ1v) is 5.35. The normalized spacial score (nSPS) is 9.47. The maximum Gasteiger partial charge on any atom is 0.228 e. The van der Waals surface area contributed by atoms with Crippen LogP contribution in [0.15, 0.2) is 24.3 Å². The zero-order chi connectivity index (χ0) is 13.8. The Balaban J connectivity index is 2.34. The molecule has 0 saturated heterocycles. The van der Waals surface area contributed by atoms with Crippen LogP contribution in [-0.2, 0) is 0 Å². The Bertz CT molecular complexity index is 712. The van der Waals surface area contributed by atoms with Gasteiger partial charge in [-0.15, -0.1) is 0 Å². The van der Waals surface area contributed by atoms with E-state index in [-0.39, 0.29) is 17.2 Å². The van der Waals surface area contributed by atoms with Crippen LogP contribution in [0.1, 0.15) is 17.0 Å². The first kappa shape index (κ1) is 12.5. The molecule has 0 aliphatic heterocycles. The Morgan fingerprint density at radius 3 is 2.63 bits per heavy atom. The molecule has 1 aromatic carbocycles. The summed E-state index contributed by atoms with van der Waals surface area (Å²) in [5.41, 5.74) is 1.28. The molecule has 2 aromatic rings. The topological polar surface area (TPSA) is 85.4 Å². The molecule has 1 aromatic heterocycles. The summed E-state index contributed by atoms with van der Waals surface area (Å²) in [7, 11) is 0. The minimum atomic E-state index is -0.587. The molecule has 1 heterocycles. The van der Waals surface area contributed by atoms with Crippen molar-refractivity contribution in [2.75, 3.05) is 5.32 Å². The van der Waals surface area contributed by atoms with E-state index in [1.54, 1.807) is 19.1 Å². The van der Waals surface area contributed by atoms with E-state index < -0.39 is 5.82 Å². The average Bonchev–Trinajstić information content (AvgIpc) is 2.40. The average molecular weight is 253 g/mol. The van der Waals surface area contributed by atoms with Crippen molar-refractivity contribution in [3.63, 3.8) is 0 Å². The van der Waals surface area contributed by atoms with Crippen molar-refractivity contribution in [2.45, 2.75) is 6.92 Å². The smallest absolute Gasteiger partial charge is 0.228 e. The number of nitrogens with one attached hydrogen (secondary N) is 1. The van der Waals surface area contributed by atoms with Gasteiger partial charge in [0.2, 0.25) is 5.95 Å². The van der Waals surface area contributed by atoms with Crippen LogP contribution in [0.3, 0.4) is 0 Å². The summed E-state index contributed by atoms with van der Waals surface area (Å²) < 4.78 is 13.2. The predicted octanol–water partition coefficient (Wildman–Crippen LogP) is 2.41. The van der Waals surface area contributed by atoms with Crippen molar-refractivity contribution in [1.29, 1.82) is 10.5 Å². The number of hydrogen-bond donors (Lipinski definition) is 1. The summed E-state index contributed by atoms with van der Waals surface area (Å²) in [4.78, 5) is 8.07. The van der Waals surface area contributed by atoms with Crippen molar-refractivity contribution >= 4 is 11.6 Å². The molecular formula is C13H8FN5. The molecule has 0 atom stereocenters. The van der Waals surface area contributed by atoms with E-state index in [9.17, 15) is 4.39 Å². The van der Waals surface area contributed by atoms with Crippen molar-refractivity contribution < 1.29 is 4.39 Å². The Hall–Kier alpha value is -2.99. The fourth-order valence-electron chi connectivity index (χ4n) is 1.50. The van der Waals surface area contributed by atoms with Gasteiger partial charge in [0, 0.05) is 11.4 Å². The van der Waals surface area contributed by atoms with Gasteiger partial charge in [0.05, 0.1) is 5.56 Å². The highest BCUT2D eigenvalue weighted by molar-refractivity contribution is 5.57. The number of hydrogen-bond acceptors (Lipinski definition) is 5. The Morgan fingerprint density at radius 1 is 1.16 bits per heavy atom. The van der Waals surface area contributed by atoms with Crippen LogP contribution in [-0.4, -0.2) is 9.97 Å². The number of aryl methyl sites for hydroxylation is 1. The summed E-state index contributed by atoms with van der Waals surface area (Å²) in [6.45, 7) is 1.74. The minimum Gasteiger partial charge on any atom is -0.324 e. The summed E-state index contributed by atoms with van der Waals surface area (Å²) in [6.07, 6.45) is 0. The fourth-order valence-corrected chi connectivity index (χ4v) is 1.50. The summed E-state index contributed by atoms with van der Waals surface area (Å²) in [5, 5.41) is 20.4. The predicted molar refractivity (Wildman–Crippen MR) is 65.9 cm³/mol. The maximum absolute atomic E-state index is 13.2. The van der Waals surface area contributed by atoms with E-state index in [0.717, 1.165) is 0 Å². The van der Waals surface area contributed by atoms with E-state index in [4.69, 9.17) is 10.5 Å². The van der Waals surface area contributed by atoms with Gasteiger partial charge in [-0.05, 0) is 31.2 Å². The van der Waals surface area contributed by atoms with Gasteiger partial charge in [-0.2, -0.15) is 10.5 Å². The summed E-state index contributed by atoms with van der Waals surface area (Å²) in [6, 6.07) is 9.22. The van der Waals surface area contributed by atoms with E-state index in [1.807, 2.05) is 6.07 Å². The molecule has 0 aliphatic carbocycles. The van der Waals surface area contributed by atoms with Crippen LogP contribution in [0.25, 0.3) is 0 Å². The van der Waals surface area contributed by atoms with Gasteiger partial charge in [0.25, 0.3) is 0 Å². The molecule has 0 bridgehead atoms. The second kappa shape index (κ2) is 5.11. The van der Waals surface area contributed by atoms with Crippen LogP contribution in [0.4, 0.5) is 16.0 Å². The van der Waals surface area contributed by atoms with Gasteiger partial charge in [-0.25, -0.2) is 14.4 Å². The molecule has 0 unspecified atom stereocenters. The second-order valence-electron chi connectivity index (χ2n) is 3.76. The van der Waals surface area contributed by atoms with Crippen LogP contribution < -0.4 is 5.32 Å². The SMILES string of the molecule is Cc1cc(C#N)nc(Nc2ccc(F)c(C#N)c2)n1. The lowest BCUT2D eigenvalue weighted by Crippen LogP contribution is -2.01. The highest BCUT2D eigenvalue weighted by Crippen LogP contribution is 2.17. The van der Waals surface area contributed by atoms with Crippen molar-refractivity contribution in [1.82, 2.24) is 9.97 Å². The molecular weight excluding hydrogens is 245 g/mol. The van der Waals surface area contributed by atoms with Crippen LogP contribution >= 0.6 is 0 Å². The lowest BCUT2D eigenvalue weighted by molar-refractivity contribution is 0.624. The number of anilines is 2. The summed E-state index contributed by atoms with van der Waals surface area (Å²) >= 11 is 0. The number of rotatable bonds is 2. The van der Waals surface area contributed by atoms with Crippen molar-refractivity contribution in [3.8, 4) is 12.1 Å². The van der Waals surface area contributed by atoms with E-state index in [1.165, 1.54) is 18.2 Å². The molecule has 92 valence electrons. The number of nitriles is 2. The Labute approximate surface area is 109 Å². The van der Waals surface area contributed by atoms with Crippen molar-refractivity contribution in [3.05, 3.63) is 47.0 Å². The lowest BCUT2D eigenvalue weighted by Gasteiger charge is -2.06. The van der Waals surface area contributed by atoms with E-state index in [0.29, 0.717) is 11.4 Å². The molecule has 1 N–H and O–H groups in total. The molecule has 0 amide bonds. The highest BCUT2D eigenvalue weighted by atomic mass is 19.1. The van der Waals surface area contributed by atoms with Gasteiger partial charge in [-0.1, -0.05) is 0 Å². The quantitative estimate of drug-likeness (QED) is 0.888. The second-order valence-corrected chi connectivity index (χ2v) is 3.76. The molecule has 5 nitrogen and oxygen atoms in total.